The summed E-state index contributed by atoms with van der Waals surface area (Å²) < 4.78 is 55.2. The summed E-state index contributed by atoms with van der Waals surface area (Å²) in [4.78, 5) is 16.7. The van der Waals surface area contributed by atoms with Gasteiger partial charge in [-0.05, 0) is 28.1 Å². The van der Waals surface area contributed by atoms with Gasteiger partial charge in [0.25, 0.3) is 0 Å². The quantitative estimate of drug-likeness (QED) is 0.223. The maximum atomic E-state index is 12.1. The van der Waals surface area contributed by atoms with Gasteiger partial charge in [-0.2, -0.15) is 0 Å². The molecule has 0 bridgehead atoms. The third-order valence-electron chi connectivity index (χ3n) is 5.25. The molecule has 1 radical (unpaired) electrons. The molecule has 4 aromatic rings. The topological polar surface area (TPSA) is 142 Å². The number of sulfone groups is 2. The van der Waals surface area contributed by atoms with Crippen LogP contribution in [0.2, 0.25) is 10.0 Å². The molecule has 40 heavy (non-hydrogen) atoms. The van der Waals surface area contributed by atoms with Gasteiger partial charge in [-0.1, -0.05) is 37.0 Å². The first-order chi connectivity index (χ1) is 18.7. The average Bonchev–Trinajstić information content (AvgIpc) is 3.49. The van der Waals surface area contributed by atoms with E-state index in [1.807, 2.05) is 0 Å². The summed E-state index contributed by atoms with van der Waals surface area (Å²) in [5.74, 6) is 0.939. The van der Waals surface area contributed by atoms with Crippen molar-refractivity contribution < 1.29 is 16.8 Å². The molecule has 4 aromatic heterocycles. The van der Waals surface area contributed by atoms with E-state index >= 15 is 0 Å². The summed E-state index contributed by atoms with van der Waals surface area (Å²) in [7, 11) is 1.07. The number of nitrogens with zero attached hydrogens (tertiary/aromatic N) is 7. The Kier molecular flexibility index (Phi) is 12.5. The molecule has 0 amide bonds. The summed E-state index contributed by atoms with van der Waals surface area (Å²) in [6, 6.07) is 2.82. The molecule has 4 heterocycles. The fraction of sp³-hybridized carbons (Fsp3) is 0.273. The van der Waals surface area contributed by atoms with Crippen LogP contribution in [0.3, 0.4) is 0 Å². The Hall–Kier alpha value is -2.11. The molecule has 4 rings (SSSR count). The number of halogens is 3. The molecule has 0 atom stereocenters. The van der Waals surface area contributed by atoms with Crippen LogP contribution in [0.5, 0.6) is 0 Å². The minimum absolute atomic E-state index is 0.00749. The number of pyridine rings is 2. The van der Waals surface area contributed by atoms with Gasteiger partial charge in [-0.3, -0.25) is 9.97 Å². The molecule has 0 aliphatic rings. The van der Waals surface area contributed by atoms with Gasteiger partial charge < -0.3 is 9.13 Å². The molecule has 0 N–H and O–H groups in total. The van der Waals surface area contributed by atoms with E-state index in [-0.39, 0.29) is 26.3 Å². The van der Waals surface area contributed by atoms with Crippen molar-refractivity contribution in [1.29, 1.82) is 0 Å². The SMILES string of the molecule is CCS(=O)(=O)c1cc(Cl)cnc1-c1ncc(Br)n1C.CCS(=O)(=O)c1cc(Cl)cnc1-c1nccn1C.[B]=NS. The molecule has 0 spiro atoms. The third-order valence-corrected chi connectivity index (χ3v) is 9.88. The van der Waals surface area contributed by atoms with Gasteiger partial charge in [-0.25, -0.2) is 26.8 Å². The minimum atomic E-state index is -3.42. The second-order valence-electron chi connectivity index (χ2n) is 7.75. The van der Waals surface area contributed by atoms with E-state index in [4.69, 9.17) is 23.2 Å². The van der Waals surface area contributed by atoms with Crippen LogP contribution < -0.4 is 0 Å². The Morgan fingerprint density at radius 2 is 1.32 bits per heavy atom. The van der Waals surface area contributed by atoms with E-state index in [0.29, 0.717) is 28.1 Å². The molecule has 0 aliphatic carbocycles. The van der Waals surface area contributed by atoms with Crippen LogP contribution in [0.15, 0.2) is 61.8 Å². The van der Waals surface area contributed by atoms with E-state index in [0.717, 1.165) is 4.60 Å². The predicted octanol–water partition coefficient (Wildman–Crippen LogP) is 4.80. The van der Waals surface area contributed by atoms with Crippen molar-refractivity contribution in [3.63, 3.8) is 0 Å². The fourth-order valence-electron chi connectivity index (χ4n) is 3.16. The number of hydrogen-bond donors (Lipinski definition) is 1. The molecule has 0 saturated carbocycles. The summed E-state index contributed by atoms with van der Waals surface area (Å²) >= 11 is 18.2. The van der Waals surface area contributed by atoms with Gasteiger partial charge in [0, 0.05) is 38.9 Å². The van der Waals surface area contributed by atoms with Gasteiger partial charge in [0.2, 0.25) is 0 Å². The van der Waals surface area contributed by atoms with Crippen LogP contribution in [0, 0.1) is 0 Å². The predicted molar refractivity (Wildman–Crippen MR) is 163 cm³/mol. The molecule has 11 nitrogen and oxygen atoms in total. The Balaban J connectivity index is 0.000000256. The van der Waals surface area contributed by atoms with Gasteiger partial charge in [0.1, 0.15) is 16.0 Å². The van der Waals surface area contributed by atoms with Gasteiger partial charge >= 0.3 is 24.8 Å². The van der Waals surface area contributed by atoms with Crippen LogP contribution in [0.4, 0.5) is 0 Å². The molecule has 0 fully saturated rings. The van der Waals surface area contributed by atoms with Crippen molar-refractivity contribution >= 4 is 79.3 Å². The summed E-state index contributed by atoms with van der Waals surface area (Å²) in [5, 5.41) is 0.573. The standard InChI is InChI=1S/C11H11BrClN3O2S.C11H12ClN3O2S.BHNS/c1-3-19(17,18)8-4-7(13)5-14-10(8)11-15-6-9(12)16(11)2;1-3-18(16,17)9-6-8(12)7-14-10(9)11-13-4-5-15(11)2;1-2-3/h4-6H,3H2,1-2H3;4-7H,3H2,1-2H3;3H. The van der Waals surface area contributed by atoms with E-state index in [2.05, 4.69) is 60.6 Å². The number of aromatic nitrogens is 6. The molecule has 213 valence electrons. The van der Waals surface area contributed by atoms with E-state index in [1.54, 1.807) is 55.7 Å². The first-order valence-corrected chi connectivity index (χ1v) is 16.4. The summed E-state index contributed by atoms with van der Waals surface area (Å²) in [5.41, 5.74) is 0.633. The van der Waals surface area contributed by atoms with Crippen molar-refractivity contribution in [3.8, 4) is 23.0 Å². The zero-order chi connectivity index (χ0) is 30.3. The number of thiol groups is 1. The summed E-state index contributed by atoms with van der Waals surface area (Å²) in [6.45, 7) is 3.16. The molecule has 0 aliphatic heterocycles. The Labute approximate surface area is 258 Å². The first kappa shape index (κ1) is 34.1. The second-order valence-corrected chi connectivity index (χ2v) is 14.2. The molecule has 18 heteroatoms. The van der Waals surface area contributed by atoms with Crippen molar-refractivity contribution in [2.75, 3.05) is 11.5 Å². The van der Waals surface area contributed by atoms with Gasteiger partial charge in [-0.15, -0.1) is 0 Å². The Bertz CT molecular complexity index is 1710. The molecular formula is C22H24BBrCl2N7O4S3. The number of aryl methyl sites for hydroxylation is 1. The Morgan fingerprint density at radius 3 is 1.68 bits per heavy atom. The molecule has 0 aromatic carbocycles. The maximum absolute atomic E-state index is 12.1. The number of hydrogen-bond acceptors (Lipinski definition) is 10. The zero-order valence-corrected chi connectivity index (χ0v) is 27.3. The number of rotatable bonds is 6. The van der Waals surface area contributed by atoms with E-state index < -0.39 is 19.7 Å². The normalized spacial score (nSPS) is 11.2. The van der Waals surface area contributed by atoms with Crippen molar-refractivity contribution in [2.45, 2.75) is 23.6 Å². The molecular weight excluding hydrogens is 684 g/mol. The molecule has 0 unspecified atom stereocenters. The van der Waals surface area contributed by atoms with E-state index in [1.165, 1.54) is 24.5 Å². The zero-order valence-electron chi connectivity index (χ0n) is 21.7. The van der Waals surface area contributed by atoms with E-state index in [9.17, 15) is 16.8 Å². The van der Waals surface area contributed by atoms with Crippen LogP contribution in [0.25, 0.3) is 23.0 Å². The number of imidazole rings is 2. The van der Waals surface area contributed by atoms with Crippen LogP contribution in [0.1, 0.15) is 13.8 Å². The van der Waals surface area contributed by atoms with Crippen molar-refractivity contribution in [2.24, 2.45) is 18.4 Å². The third kappa shape index (κ3) is 8.23. The summed E-state index contributed by atoms with van der Waals surface area (Å²) in [6.07, 6.45) is 7.74. The fourth-order valence-corrected chi connectivity index (χ4v) is 5.99. The van der Waals surface area contributed by atoms with Crippen LogP contribution >= 0.6 is 51.9 Å². The van der Waals surface area contributed by atoms with Crippen molar-refractivity contribution in [1.82, 2.24) is 29.1 Å². The van der Waals surface area contributed by atoms with Gasteiger partial charge in [0.15, 0.2) is 31.3 Å². The first-order valence-electron chi connectivity index (χ1n) is 11.2. The van der Waals surface area contributed by atoms with Gasteiger partial charge in [0.05, 0.1) is 37.5 Å². The average molecular weight is 708 g/mol. The monoisotopic (exact) mass is 706 g/mol. The van der Waals surface area contributed by atoms with Crippen LogP contribution in [-0.4, -0.2) is 65.1 Å². The van der Waals surface area contributed by atoms with Crippen molar-refractivity contribution in [3.05, 3.63) is 57.8 Å². The Morgan fingerprint density at radius 1 is 0.875 bits per heavy atom. The second kappa shape index (κ2) is 14.7. The molecule has 0 saturated heterocycles. The van der Waals surface area contributed by atoms with Crippen LogP contribution in [-0.2, 0) is 33.8 Å².